The smallest absolute Gasteiger partial charge is 0.369 e. The van der Waals surface area contributed by atoms with Crippen molar-refractivity contribution in [3.8, 4) is 5.95 Å². The van der Waals surface area contributed by atoms with E-state index in [4.69, 9.17) is 4.52 Å². The van der Waals surface area contributed by atoms with Gasteiger partial charge < -0.3 is 14.6 Å². The molecular weight excluding hydrogens is 433 g/mol. The SMILES string of the molecule is CCc1nn(-c2noc(C3CN(CCNC(=O)OC(=O)C(F)(F)F)C3)n2)c2ccccc12. The lowest BCUT2D eigenvalue weighted by atomic mass is 10.0. The lowest BCUT2D eigenvalue weighted by Crippen LogP contribution is -2.48. The number of rotatable bonds is 6. The summed E-state index contributed by atoms with van der Waals surface area (Å²) in [6.45, 7) is 3.54. The lowest BCUT2D eigenvalue weighted by molar-refractivity contribution is -0.192. The van der Waals surface area contributed by atoms with Gasteiger partial charge in [-0.05, 0) is 17.6 Å². The van der Waals surface area contributed by atoms with Gasteiger partial charge in [-0.15, -0.1) is 0 Å². The van der Waals surface area contributed by atoms with E-state index in [0.717, 1.165) is 23.0 Å². The molecule has 1 aliphatic heterocycles. The number of aromatic nitrogens is 4. The Hall–Kier alpha value is -3.48. The molecule has 10 nitrogen and oxygen atoms in total. The molecule has 2 aromatic heterocycles. The number of benzene rings is 1. The van der Waals surface area contributed by atoms with Gasteiger partial charge >= 0.3 is 18.2 Å². The Morgan fingerprint density at radius 2 is 2.03 bits per heavy atom. The van der Waals surface area contributed by atoms with Crippen molar-refractivity contribution in [2.45, 2.75) is 25.4 Å². The minimum absolute atomic E-state index is 0.0116. The summed E-state index contributed by atoms with van der Waals surface area (Å²) in [6.07, 6.45) is -5.89. The molecule has 1 aliphatic rings. The number of hydrogen-bond acceptors (Lipinski definition) is 8. The van der Waals surface area contributed by atoms with Crippen molar-refractivity contribution in [1.82, 2.24) is 30.1 Å². The van der Waals surface area contributed by atoms with Gasteiger partial charge in [0.05, 0.1) is 17.1 Å². The summed E-state index contributed by atoms with van der Waals surface area (Å²) in [5.41, 5.74) is 1.82. The second kappa shape index (κ2) is 8.57. The quantitative estimate of drug-likeness (QED) is 0.447. The van der Waals surface area contributed by atoms with Crippen LogP contribution in [0, 0.1) is 0 Å². The monoisotopic (exact) mass is 452 g/mol. The van der Waals surface area contributed by atoms with Crippen molar-refractivity contribution in [1.29, 1.82) is 0 Å². The first-order chi connectivity index (χ1) is 15.3. The Balaban J connectivity index is 1.28. The number of likely N-dealkylation sites (tertiary alicyclic amines) is 1. The van der Waals surface area contributed by atoms with E-state index in [9.17, 15) is 22.8 Å². The molecule has 0 radical (unpaired) electrons. The predicted octanol–water partition coefficient (Wildman–Crippen LogP) is 2.19. The van der Waals surface area contributed by atoms with Crippen LogP contribution in [0.1, 0.15) is 24.4 Å². The van der Waals surface area contributed by atoms with Crippen LogP contribution in [-0.2, 0) is 16.0 Å². The molecule has 1 N–H and O–H groups in total. The van der Waals surface area contributed by atoms with Crippen LogP contribution in [0.5, 0.6) is 0 Å². The minimum Gasteiger partial charge on any atom is -0.369 e. The summed E-state index contributed by atoms with van der Waals surface area (Å²) in [7, 11) is 0. The zero-order chi connectivity index (χ0) is 22.9. The van der Waals surface area contributed by atoms with Gasteiger partial charge in [-0.3, -0.25) is 4.90 Å². The van der Waals surface area contributed by atoms with E-state index in [0.29, 0.717) is 31.5 Å². The number of esters is 1. The van der Waals surface area contributed by atoms with Crippen LogP contribution in [0.2, 0.25) is 0 Å². The number of alkyl halides is 3. The van der Waals surface area contributed by atoms with Gasteiger partial charge in [0, 0.05) is 31.6 Å². The maximum Gasteiger partial charge on any atom is 0.491 e. The van der Waals surface area contributed by atoms with Gasteiger partial charge in [0.15, 0.2) is 0 Å². The van der Waals surface area contributed by atoms with Gasteiger partial charge in [0.25, 0.3) is 5.95 Å². The van der Waals surface area contributed by atoms with Crippen LogP contribution >= 0.6 is 0 Å². The molecular formula is C19H19F3N6O4. The van der Waals surface area contributed by atoms with E-state index in [1.807, 2.05) is 36.1 Å². The molecule has 0 spiro atoms. The number of amides is 1. The number of nitrogens with one attached hydrogen (secondary N) is 1. The Labute approximate surface area is 179 Å². The first-order valence-corrected chi connectivity index (χ1v) is 9.86. The Bertz CT molecular complexity index is 1140. The number of fused-ring (bicyclic) bond motifs is 1. The van der Waals surface area contributed by atoms with Gasteiger partial charge in [0.2, 0.25) is 5.89 Å². The number of aryl methyl sites for hydroxylation is 1. The summed E-state index contributed by atoms with van der Waals surface area (Å²) in [5.74, 6) is -1.77. The average Bonchev–Trinajstić information content (AvgIpc) is 3.33. The second-order valence-electron chi connectivity index (χ2n) is 7.22. The highest BCUT2D eigenvalue weighted by Crippen LogP contribution is 2.27. The second-order valence-corrected chi connectivity index (χ2v) is 7.22. The van der Waals surface area contributed by atoms with E-state index in [-0.39, 0.29) is 12.5 Å². The highest BCUT2D eigenvalue weighted by Gasteiger charge is 2.42. The Kier molecular flexibility index (Phi) is 5.82. The van der Waals surface area contributed by atoms with Crippen molar-refractivity contribution in [2.24, 2.45) is 0 Å². The van der Waals surface area contributed by atoms with Crippen molar-refractivity contribution >= 4 is 23.0 Å². The topological polar surface area (TPSA) is 115 Å². The number of halogens is 3. The summed E-state index contributed by atoms with van der Waals surface area (Å²) in [4.78, 5) is 28.2. The lowest BCUT2D eigenvalue weighted by Gasteiger charge is -2.36. The first kappa shape index (κ1) is 21.7. The first-order valence-electron chi connectivity index (χ1n) is 9.86. The summed E-state index contributed by atoms with van der Waals surface area (Å²) >= 11 is 0. The molecule has 3 heterocycles. The zero-order valence-electron chi connectivity index (χ0n) is 16.9. The van der Waals surface area contributed by atoms with Crippen LogP contribution in [0.15, 0.2) is 28.8 Å². The van der Waals surface area contributed by atoms with Crippen LogP contribution < -0.4 is 5.32 Å². The van der Waals surface area contributed by atoms with Gasteiger partial charge in [-0.2, -0.15) is 27.9 Å². The van der Waals surface area contributed by atoms with Gasteiger partial charge in [-0.25, -0.2) is 9.59 Å². The molecule has 0 atom stereocenters. The third-order valence-electron chi connectivity index (χ3n) is 5.04. The number of carbonyl (C=O) groups excluding carboxylic acids is 2. The molecule has 1 fully saturated rings. The van der Waals surface area contributed by atoms with E-state index in [1.54, 1.807) is 4.68 Å². The van der Waals surface area contributed by atoms with Crippen molar-refractivity contribution in [3.63, 3.8) is 0 Å². The minimum atomic E-state index is -5.22. The van der Waals surface area contributed by atoms with Crippen molar-refractivity contribution in [3.05, 3.63) is 35.9 Å². The molecule has 1 saturated heterocycles. The number of alkyl carbamates (subject to hydrolysis) is 1. The van der Waals surface area contributed by atoms with E-state index < -0.39 is 18.2 Å². The van der Waals surface area contributed by atoms with E-state index >= 15 is 0 Å². The van der Waals surface area contributed by atoms with Crippen molar-refractivity contribution < 1.29 is 32.0 Å². The van der Waals surface area contributed by atoms with Crippen molar-refractivity contribution in [2.75, 3.05) is 26.2 Å². The highest BCUT2D eigenvalue weighted by molar-refractivity contribution is 5.87. The normalized spacial score (nSPS) is 15.0. The van der Waals surface area contributed by atoms with Crippen LogP contribution in [-0.4, -0.2) is 69.2 Å². The fourth-order valence-corrected chi connectivity index (χ4v) is 3.43. The zero-order valence-corrected chi connectivity index (χ0v) is 16.9. The predicted molar refractivity (Wildman–Crippen MR) is 103 cm³/mol. The fourth-order valence-electron chi connectivity index (χ4n) is 3.43. The van der Waals surface area contributed by atoms with Gasteiger partial charge in [-0.1, -0.05) is 25.1 Å². The molecule has 0 saturated carbocycles. The molecule has 4 rings (SSSR count). The molecule has 1 amide bonds. The average molecular weight is 452 g/mol. The van der Waals surface area contributed by atoms with Crippen LogP contribution in [0.3, 0.4) is 0 Å². The number of carbonyl (C=O) groups is 2. The van der Waals surface area contributed by atoms with Crippen LogP contribution in [0.25, 0.3) is 16.9 Å². The Morgan fingerprint density at radius 1 is 1.28 bits per heavy atom. The molecule has 1 aromatic carbocycles. The van der Waals surface area contributed by atoms with E-state index in [1.165, 1.54) is 0 Å². The number of ether oxygens (including phenoxy) is 1. The summed E-state index contributed by atoms with van der Waals surface area (Å²) < 4.78 is 46.8. The molecule has 0 unspecified atom stereocenters. The summed E-state index contributed by atoms with van der Waals surface area (Å²) in [5, 5.41) is 11.8. The molecule has 0 aliphatic carbocycles. The van der Waals surface area contributed by atoms with Crippen LogP contribution in [0.4, 0.5) is 18.0 Å². The molecule has 13 heteroatoms. The third-order valence-corrected chi connectivity index (χ3v) is 5.04. The third kappa shape index (κ3) is 4.42. The number of nitrogens with zero attached hydrogens (tertiary/aromatic N) is 5. The number of hydrogen-bond donors (Lipinski definition) is 1. The molecule has 170 valence electrons. The van der Waals surface area contributed by atoms with Gasteiger partial charge in [0.1, 0.15) is 0 Å². The fraction of sp³-hybridized carbons (Fsp3) is 0.421. The number of para-hydroxylation sites is 1. The maximum atomic E-state index is 12.0. The Morgan fingerprint density at radius 3 is 2.75 bits per heavy atom. The highest BCUT2D eigenvalue weighted by atomic mass is 19.4. The summed E-state index contributed by atoms with van der Waals surface area (Å²) in [6, 6.07) is 7.78. The molecule has 3 aromatic rings. The largest absolute Gasteiger partial charge is 0.491 e. The molecule has 0 bridgehead atoms. The maximum absolute atomic E-state index is 12.0. The van der Waals surface area contributed by atoms with E-state index in [2.05, 4.69) is 25.3 Å². The molecule has 32 heavy (non-hydrogen) atoms. The standard InChI is InChI=1S/C19H19F3N6O4/c1-2-13-12-5-3-4-6-14(12)28(25-13)17-24-15(32-26-17)11-9-27(10-11)8-7-23-18(30)31-16(29)19(20,21)22/h3-6,11H,2,7-10H2,1H3,(H,23,30).